The van der Waals surface area contributed by atoms with Gasteiger partial charge in [-0.2, -0.15) is 0 Å². The summed E-state index contributed by atoms with van der Waals surface area (Å²) in [5.74, 6) is 0. The van der Waals surface area contributed by atoms with E-state index in [2.05, 4.69) is 43.1 Å². The Balaban J connectivity index is 2.24. The lowest BCUT2D eigenvalue weighted by Gasteiger charge is -2.16. The molecule has 1 atom stereocenters. The molecule has 94 valence electrons. The summed E-state index contributed by atoms with van der Waals surface area (Å²) in [6.45, 7) is 6.33. The summed E-state index contributed by atoms with van der Waals surface area (Å²) in [4.78, 5) is 4.21. The van der Waals surface area contributed by atoms with Gasteiger partial charge < -0.3 is 5.73 Å². The average Bonchev–Trinajstić information content (AvgIpc) is 2.34. The maximum absolute atomic E-state index is 6.29. The molecule has 2 heteroatoms. The van der Waals surface area contributed by atoms with E-state index in [-0.39, 0.29) is 6.04 Å². The predicted octanol–water partition coefficient (Wildman–Crippen LogP) is 3.25. The average molecular weight is 240 g/mol. The molecule has 0 aliphatic heterocycles. The fourth-order valence-corrected chi connectivity index (χ4v) is 2.29. The molecule has 1 aromatic heterocycles. The van der Waals surface area contributed by atoms with Crippen LogP contribution >= 0.6 is 0 Å². The zero-order valence-electron chi connectivity index (χ0n) is 11.3. The smallest absolute Gasteiger partial charge is 0.0351 e. The van der Waals surface area contributed by atoms with Crippen LogP contribution in [0.3, 0.4) is 0 Å². The summed E-state index contributed by atoms with van der Waals surface area (Å²) in [7, 11) is 0. The minimum atomic E-state index is 0.0113. The predicted molar refractivity (Wildman–Crippen MR) is 75.5 cm³/mol. The summed E-state index contributed by atoms with van der Waals surface area (Å²) >= 11 is 0. The number of benzene rings is 1. The molecule has 18 heavy (non-hydrogen) atoms. The zero-order chi connectivity index (χ0) is 13.1. The standard InChI is InChI=1S/C16H20N2/c1-11-7-14(10-18-9-11)16(17)8-15-12(2)5-4-6-13(15)3/h4-7,9-10,16H,8,17H2,1-3H3. The second-order valence-corrected chi connectivity index (χ2v) is 4.98. The molecular weight excluding hydrogens is 220 g/mol. The number of rotatable bonds is 3. The largest absolute Gasteiger partial charge is 0.324 e. The fraction of sp³-hybridized carbons (Fsp3) is 0.312. The summed E-state index contributed by atoms with van der Waals surface area (Å²) < 4.78 is 0. The molecule has 0 bridgehead atoms. The van der Waals surface area contributed by atoms with Crippen molar-refractivity contribution in [2.24, 2.45) is 5.73 Å². The van der Waals surface area contributed by atoms with E-state index < -0.39 is 0 Å². The normalized spacial score (nSPS) is 12.4. The Bertz CT molecular complexity index is 526. The second kappa shape index (κ2) is 5.32. The number of hydrogen-bond donors (Lipinski definition) is 1. The van der Waals surface area contributed by atoms with Crippen molar-refractivity contribution in [1.29, 1.82) is 0 Å². The first-order valence-electron chi connectivity index (χ1n) is 6.30. The Morgan fingerprint density at radius 1 is 1.11 bits per heavy atom. The van der Waals surface area contributed by atoms with Crippen LogP contribution in [0.4, 0.5) is 0 Å². The van der Waals surface area contributed by atoms with Crippen molar-refractivity contribution in [3.63, 3.8) is 0 Å². The molecule has 0 amide bonds. The molecule has 2 nitrogen and oxygen atoms in total. The third-order valence-corrected chi connectivity index (χ3v) is 3.39. The van der Waals surface area contributed by atoms with E-state index in [1.54, 1.807) is 0 Å². The number of aryl methyl sites for hydroxylation is 3. The van der Waals surface area contributed by atoms with Crippen LogP contribution in [0.1, 0.15) is 33.9 Å². The topological polar surface area (TPSA) is 38.9 Å². The molecule has 2 aromatic rings. The molecule has 0 aliphatic carbocycles. The van der Waals surface area contributed by atoms with Crippen LogP contribution in [-0.4, -0.2) is 4.98 Å². The van der Waals surface area contributed by atoms with Crippen LogP contribution in [-0.2, 0) is 6.42 Å². The SMILES string of the molecule is Cc1cncc(C(N)Cc2c(C)cccc2C)c1. The first kappa shape index (κ1) is 12.8. The minimum Gasteiger partial charge on any atom is -0.324 e. The Morgan fingerprint density at radius 3 is 2.39 bits per heavy atom. The van der Waals surface area contributed by atoms with Crippen molar-refractivity contribution in [2.75, 3.05) is 0 Å². The van der Waals surface area contributed by atoms with Crippen molar-refractivity contribution < 1.29 is 0 Å². The highest BCUT2D eigenvalue weighted by molar-refractivity contribution is 5.35. The van der Waals surface area contributed by atoms with Gasteiger partial charge in [0, 0.05) is 18.4 Å². The number of pyridine rings is 1. The van der Waals surface area contributed by atoms with E-state index in [1.165, 1.54) is 16.7 Å². The number of aromatic nitrogens is 1. The number of nitrogens with two attached hydrogens (primary N) is 1. The van der Waals surface area contributed by atoms with Gasteiger partial charge in [-0.25, -0.2) is 0 Å². The van der Waals surface area contributed by atoms with Gasteiger partial charge in [0.25, 0.3) is 0 Å². The molecule has 0 aliphatic rings. The van der Waals surface area contributed by atoms with Crippen LogP contribution in [0.5, 0.6) is 0 Å². The fourth-order valence-electron chi connectivity index (χ4n) is 2.29. The van der Waals surface area contributed by atoms with Crippen molar-refractivity contribution in [3.8, 4) is 0 Å². The molecule has 0 saturated heterocycles. The van der Waals surface area contributed by atoms with Crippen molar-refractivity contribution in [2.45, 2.75) is 33.2 Å². The van der Waals surface area contributed by atoms with E-state index in [4.69, 9.17) is 5.73 Å². The molecule has 1 heterocycles. The lowest BCUT2D eigenvalue weighted by molar-refractivity contribution is 0.711. The molecular formula is C16H20N2. The molecule has 1 unspecified atom stereocenters. The number of nitrogens with zero attached hydrogens (tertiary/aromatic N) is 1. The highest BCUT2D eigenvalue weighted by atomic mass is 14.7. The van der Waals surface area contributed by atoms with Crippen molar-refractivity contribution >= 4 is 0 Å². The maximum Gasteiger partial charge on any atom is 0.0351 e. The van der Waals surface area contributed by atoms with E-state index in [1.807, 2.05) is 19.3 Å². The maximum atomic E-state index is 6.29. The Hall–Kier alpha value is -1.67. The van der Waals surface area contributed by atoms with E-state index >= 15 is 0 Å². The summed E-state index contributed by atoms with van der Waals surface area (Å²) in [5.41, 5.74) is 12.5. The van der Waals surface area contributed by atoms with Crippen LogP contribution in [0.25, 0.3) is 0 Å². The van der Waals surface area contributed by atoms with Crippen LogP contribution in [0, 0.1) is 20.8 Å². The number of hydrogen-bond acceptors (Lipinski definition) is 2. The van der Waals surface area contributed by atoms with Gasteiger partial charge in [-0.1, -0.05) is 24.3 Å². The molecule has 2 N–H and O–H groups in total. The summed E-state index contributed by atoms with van der Waals surface area (Å²) in [6.07, 6.45) is 4.59. The van der Waals surface area contributed by atoms with E-state index in [9.17, 15) is 0 Å². The molecule has 1 aromatic carbocycles. The van der Waals surface area contributed by atoms with Crippen LogP contribution in [0.2, 0.25) is 0 Å². The van der Waals surface area contributed by atoms with Gasteiger partial charge in [0.15, 0.2) is 0 Å². The van der Waals surface area contributed by atoms with E-state index in [0.717, 1.165) is 17.5 Å². The Labute approximate surface area is 109 Å². The minimum absolute atomic E-state index is 0.0113. The van der Waals surface area contributed by atoms with Crippen molar-refractivity contribution in [3.05, 3.63) is 64.5 Å². The van der Waals surface area contributed by atoms with Gasteiger partial charge in [-0.05, 0) is 55.0 Å². The van der Waals surface area contributed by atoms with Gasteiger partial charge in [-0.15, -0.1) is 0 Å². The van der Waals surface area contributed by atoms with Crippen LogP contribution in [0.15, 0.2) is 36.7 Å². The van der Waals surface area contributed by atoms with Gasteiger partial charge >= 0.3 is 0 Å². The highest BCUT2D eigenvalue weighted by Crippen LogP contribution is 2.21. The Kier molecular flexibility index (Phi) is 3.78. The first-order chi connectivity index (χ1) is 8.58. The molecule has 0 radical (unpaired) electrons. The zero-order valence-corrected chi connectivity index (χ0v) is 11.3. The third-order valence-electron chi connectivity index (χ3n) is 3.39. The molecule has 2 rings (SSSR count). The summed E-state index contributed by atoms with van der Waals surface area (Å²) in [5, 5.41) is 0. The molecule has 0 saturated carbocycles. The molecule has 0 spiro atoms. The van der Waals surface area contributed by atoms with Gasteiger partial charge in [-0.3, -0.25) is 4.98 Å². The Morgan fingerprint density at radius 2 is 1.78 bits per heavy atom. The summed E-state index contributed by atoms with van der Waals surface area (Å²) in [6, 6.07) is 8.50. The highest BCUT2D eigenvalue weighted by Gasteiger charge is 2.11. The molecule has 0 fully saturated rings. The lowest BCUT2D eigenvalue weighted by atomic mass is 9.94. The van der Waals surface area contributed by atoms with Crippen molar-refractivity contribution in [1.82, 2.24) is 4.98 Å². The lowest BCUT2D eigenvalue weighted by Crippen LogP contribution is -2.15. The van der Waals surface area contributed by atoms with Gasteiger partial charge in [0.2, 0.25) is 0 Å². The van der Waals surface area contributed by atoms with Gasteiger partial charge in [0.05, 0.1) is 0 Å². The van der Waals surface area contributed by atoms with Crippen LogP contribution < -0.4 is 5.73 Å². The van der Waals surface area contributed by atoms with E-state index in [0.29, 0.717) is 0 Å². The quantitative estimate of drug-likeness (QED) is 0.894. The second-order valence-electron chi connectivity index (χ2n) is 4.98. The first-order valence-corrected chi connectivity index (χ1v) is 6.30. The monoisotopic (exact) mass is 240 g/mol. The third kappa shape index (κ3) is 2.77. The van der Waals surface area contributed by atoms with Gasteiger partial charge in [0.1, 0.15) is 0 Å².